The highest BCUT2D eigenvalue weighted by atomic mass is 16.1. The minimum absolute atomic E-state index is 0.0303. The fourth-order valence-corrected chi connectivity index (χ4v) is 3.00. The SMILES string of the molecule is CN1C=C[C@@H]([C@@H](C(N)=O)c2ccccc2)c2ccccc21. The average Bonchev–Trinajstić information content (AvgIpc) is 2.51. The highest BCUT2D eigenvalue weighted by Gasteiger charge is 2.31. The number of benzene rings is 2. The topological polar surface area (TPSA) is 46.3 Å². The molecule has 0 bridgehead atoms. The van der Waals surface area contributed by atoms with E-state index in [0.29, 0.717) is 0 Å². The molecule has 2 N–H and O–H groups in total. The number of carbonyl (C=O) groups is 1. The molecule has 1 aliphatic heterocycles. The molecule has 0 unspecified atom stereocenters. The first-order valence-corrected chi connectivity index (χ1v) is 7.03. The van der Waals surface area contributed by atoms with Crippen LogP contribution in [0.3, 0.4) is 0 Å². The number of hydrogen-bond donors (Lipinski definition) is 1. The molecule has 3 nitrogen and oxygen atoms in total. The Morgan fingerprint density at radius 3 is 2.48 bits per heavy atom. The lowest BCUT2D eigenvalue weighted by atomic mass is 9.79. The van der Waals surface area contributed by atoms with Crippen LogP contribution in [0.5, 0.6) is 0 Å². The van der Waals surface area contributed by atoms with Gasteiger partial charge in [0.25, 0.3) is 0 Å². The van der Waals surface area contributed by atoms with Crippen molar-refractivity contribution in [2.24, 2.45) is 5.73 Å². The van der Waals surface area contributed by atoms with Gasteiger partial charge in [-0.15, -0.1) is 0 Å². The third kappa shape index (κ3) is 2.42. The molecule has 0 radical (unpaired) electrons. The molecule has 1 aliphatic rings. The van der Waals surface area contributed by atoms with Crippen molar-refractivity contribution in [3.05, 3.63) is 78.0 Å². The van der Waals surface area contributed by atoms with Crippen LogP contribution in [0.2, 0.25) is 0 Å². The molecule has 0 saturated heterocycles. The fraction of sp³-hybridized carbons (Fsp3) is 0.167. The van der Waals surface area contributed by atoms with Gasteiger partial charge < -0.3 is 10.6 Å². The van der Waals surface area contributed by atoms with E-state index in [1.54, 1.807) is 0 Å². The van der Waals surface area contributed by atoms with E-state index in [1.807, 2.05) is 55.7 Å². The van der Waals surface area contributed by atoms with Crippen LogP contribution >= 0.6 is 0 Å². The van der Waals surface area contributed by atoms with Gasteiger partial charge in [0.1, 0.15) is 0 Å². The van der Waals surface area contributed by atoms with E-state index < -0.39 is 0 Å². The van der Waals surface area contributed by atoms with E-state index in [0.717, 1.165) is 16.8 Å². The van der Waals surface area contributed by atoms with Gasteiger partial charge >= 0.3 is 0 Å². The molecule has 0 spiro atoms. The third-order valence-electron chi connectivity index (χ3n) is 4.02. The quantitative estimate of drug-likeness (QED) is 0.938. The Kier molecular flexibility index (Phi) is 3.48. The van der Waals surface area contributed by atoms with Gasteiger partial charge in [-0.1, -0.05) is 54.6 Å². The Morgan fingerprint density at radius 1 is 1.10 bits per heavy atom. The minimum Gasteiger partial charge on any atom is -0.369 e. The first kappa shape index (κ1) is 13.4. The number of primary amides is 1. The average molecular weight is 278 g/mol. The Bertz CT molecular complexity index is 679. The molecule has 0 aromatic heterocycles. The first-order valence-electron chi connectivity index (χ1n) is 7.03. The smallest absolute Gasteiger partial charge is 0.225 e. The molecule has 106 valence electrons. The number of hydrogen-bond acceptors (Lipinski definition) is 2. The van der Waals surface area contributed by atoms with Crippen molar-refractivity contribution in [2.45, 2.75) is 11.8 Å². The zero-order chi connectivity index (χ0) is 14.8. The number of nitrogens with two attached hydrogens (primary N) is 1. The van der Waals surface area contributed by atoms with E-state index in [9.17, 15) is 4.79 Å². The van der Waals surface area contributed by atoms with E-state index in [4.69, 9.17) is 5.73 Å². The second kappa shape index (κ2) is 5.44. The summed E-state index contributed by atoms with van der Waals surface area (Å²) < 4.78 is 0. The summed E-state index contributed by atoms with van der Waals surface area (Å²) in [7, 11) is 2.01. The molecule has 1 amide bonds. The number of para-hydroxylation sites is 1. The number of amides is 1. The summed E-state index contributed by atoms with van der Waals surface area (Å²) in [6.07, 6.45) is 4.07. The second-order valence-electron chi connectivity index (χ2n) is 5.33. The first-order chi connectivity index (χ1) is 10.2. The largest absolute Gasteiger partial charge is 0.369 e. The van der Waals surface area contributed by atoms with Crippen LogP contribution in [0, 0.1) is 0 Å². The predicted octanol–water partition coefficient (Wildman–Crippen LogP) is 3.00. The Balaban J connectivity index is 2.09. The normalized spacial score (nSPS) is 18.1. The maximum absolute atomic E-state index is 12.1. The van der Waals surface area contributed by atoms with Gasteiger partial charge in [-0.25, -0.2) is 0 Å². The van der Waals surface area contributed by atoms with Crippen molar-refractivity contribution in [2.75, 3.05) is 11.9 Å². The number of allylic oxidation sites excluding steroid dienone is 1. The van der Waals surface area contributed by atoms with Gasteiger partial charge in [0.15, 0.2) is 0 Å². The molecule has 3 heteroatoms. The van der Waals surface area contributed by atoms with Crippen LogP contribution in [-0.4, -0.2) is 13.0 Å². The number of carbonyl (C=O) groups excluding carboxylic acids is 1. The van der Waals surface area contributed by atoms with Crippen molar-refractivity contribution >= 4 is 11.6 Å². The standard InChI is InChI=1S/C18H18N2O/c1-20-12-11-15(14-9-5-6-10-16(14)20)17(18(19)21)13-7-3-2-4-8-13/h2-12,15,17H,1H3,(H2,19,21)/t15-,17+/m1/s1. The van der Waals surface area contributed by atoms with Gasteiger partial charge in [-0.05, 0) is 17.2 Å². The van der Waals surface area contributed by atoms with Gasteiger partial charge in [0.05, 0.1) is 5.92 Å². The number of nitrogens with zero attached hydrogens (tertiary/aromatic N) is 1. The van der Waals surface area contributed by atoms with E-state index in [2.05, 4.69) is 23.1 Å². The van der Waals surface area contributed by atoms with Crippen LogP contribution in [-0.2, 0) is 4.79 Å². The molecular weight excluding hydrogens is 260 g/mol. The monoisotopic (exact) mass is 278 g/mol. The molecule has 0 saturated carbocycles. The molecule has 0 aliphatic carbocycles. The minimum atomic E-state index is -0.350. The summed E-state index contributed by atoms with van der Waals surface area (Å²) in [6.45, 7) is 0. The molecule has 3 rings (SSSR count). The molecule has 2 aromatic rings. The van der Waals surface area contributed by atoms with Crippen LogP contribution in [0.4, 0.5) is 5.69 Å². The number of fused-ring (bicyclic) bond motifs is 1. The predicted molar refractivity (Wildman–Crippen MR) is 85.1 cm³/mol. The van der Waals surface area contributed by atoms with Gasteiger partial charge in [0, 0.05) is 24.9 Å². The summed E-state index contributed by atoms with van der Waals surface area (Å²) in [5, 5.41) is 0. The van der Waals surface area contributed by atoms with Gasteiger partial charge in [-0.3, -0.25) is 4.79 Å². The van der Waals surface area contributed by atoms with Crippen LogP contribution < -0.4 is 10.6 Å². The molecule has 2 atom stereocenters. The van der Waals surface area contributed by atoms with Gasteiger partial charge in [-0.2, -0.15) is 0 Å². The molecule has 21 heavy (non-hydrogen) atoms. The number of rotatable bonds is 3. The van der Waals surface area contributed by atoms with Crippen molar-refractivity contribution < 1.29 is 4.79 Å². The number of anilines is 1. The van der Waals surface area contributed by atoms with Crippen LogP contribution in [0.25, 0.3) is 0 Å². The zero-order valence-electron chi connectivity index (χ0n) is 11.9. The fourth-order valence-electron chi connectivity index (χ4n) is 3.00. The lowest BCUT2D eigenvalue weighted by Crippen LogP contribution is -2.29. The summed E-state index contributed by atoms with van der Waals surface area (Å²) >= 11 is 0. The van der Waals surface area contributed by atoms with E-state index >= 15 is 0 Å². The van der Waals surface area contributed by atoms with Crippen molar-refractivity contribution in [1.29, 1.82) is 0 Å². The second-order valence-corrected chi connectivity index (χ2v) is 5.33. The highest BCUT2D eigenvalue weighted by Crippen LogP contribution is 2.41. The lowest BCUT2D eigenvalue weighted by Gasteiger charge is -2.31. The molecular formula is C18H18N2O. The van der Waals surface area contributed by atoms with Crippen LogP contribution in [0.1, 0.15) is 23.0 Å². The highest BCUT2D eigenvalue weighted by molar-refractivity contribution is 5.84. The maximum atomic E-state index is 12.1. The summed E-state index contributed by atoms with van der Waals surface area (Å²) in [5.41, 5.74) is 8.91. The van der Waals surface area contributed by atoms with Crippen LogP contribution in [0.15, 0.2) is 66.9 Å². The Morgan fingerprint density at radius 2 is 1.76 bits per heavy atom. The van der Waals surface area contributed by atoms with E-state index in [-0.39, 0.29) is 17.7 Å². The lowest BCUT2D eigenvalue weighted by molar-refractivity contribution is -0.119. The summed E-state index contributed by atoms with van der Waals surface area (Å²) in [5.74, 6) is -0.676. The molecule has 2 aromatic carbocycles. The van der Waals surface area contributed by atoms with Crippen molar-refractivity contribution in [1.82, 2.24) is 0 Å². The zero-order valence-corrected chi connectivity index (χ0v) is 11.9. The van der Waals surface area contributed by atoms with Crippen molar-refractivity contribution in [3.63, 3.8) is 0 Å². The maximum Gasteiger partial charge on any atom is 0.225 e. The Labute approximate surface area is 124 Å². The Hall–Kier alpha value is -2.55. The summed E-state index contributed by atoms with van der Waals surface area (Å²) in [6, 6.07) is 17.9. The third-order valence-corrected chi connectivity index (χ3v) is 4.02. The van der Waals surface area contributed by atoms with Gasteiger partial charge in [0.2, 0.25) is 5.91 Å². The van der Waals surface area contributed by atoms with Crippen molar-refractivity contribution in [3.8, 4) is 0 Å². The molecule has 1 heterocycles. The molecule has 0 fully saturated rings. The van der Waals surface area contributed by atoms with E-state index in [1.165, 1.54) is 0 Å². The summed E-state index contributed by atoms with van der Waals surface area (Å²) in [4.78, 5) is 14.1.